The lowest BCUT2D eigenvalue weighted by molar-refractivity contribution is 0.340. The van der Waals surface area contributed by atoms with Crippen molar-refractivity contribution in [3.05, 3.63) is 34.9 Å². The van der Waals surface area contributed by atoms with Crippen molar-refractivity contribution in [2.24, 2.45) is 5.92 Å². The third-order valence-corrected chi connectivity index (χ3v) is 4.12. The van der Waals surface area contributed by atoms with Gasteiger partial charge in [0.1, 0.15) is 0 Å². The molecule has 0 saturated carbocycles. The first-order chi connectivity index (χ1) is 8.65. The summed E-state index contributed by atoms with van der Waals surface area (Å²) in [5.74, 6) is 0.733. The van der Waals surface area contributed by atoms with Crippen molar-refractivity contribution < 1.29 is 0 Å². The van der Waals surface area contributed by atoms with Gasteiger partial charge in [-0.25, -0.2) is 0 Å². The molecule has 1 aromatic rings. The van der Waals surface area contributed by atoms with Crippen LogP contribution in [0.15, 0.2) is 18.2 Å². The first kappa shape index (κ1) is 15.2. The number of aryl methyl sites for hydroxylation is 1. The third kappa shape index (κ3) is 3.58. The first-order valence-electron chi connectivity index (χ1n) is 7.45. The average molecular weight is 247 g/mol. The molecule has 1 aromatic carbocycles. The summed E-state index contributed by atoms with van der Waals surface area (Å²) in [6, 6.07) is 7.22. The molecule has 0 heterocycles. The molecule has 0 bridgehead atoms. The van der Waals surface area contributed by atoms with E-state index in [4.69, 9.17) is 0 Å². The summed E-state index contributed by atoms with van der Waals surface area (Å²) in [7, 11) is 0. The van der Waals surface area contributed by atoms with Crippen LogP contribution in [0, 0.1) is 19.8 Å². The molecule has 102 valence electrons. The Morgan fingerprint density at radius 2 is 1.72 bits per heavy atom. The number of rotatable bonds is 7. The average Bonchev–Trinajstić information content (AvgIpc) is 2.38. The lowest BCUT2D eigenvalue weighted by atomic mass is 9.85. The molecule has 0 radical (unpaired) electrons. The lowest BCUT2D eigenvalue weighted by Crippen LogP contribution is -2.29. The van der Waals surface area contributed by atoms with E-state index in [1.165, 1.54) is 36.0 Å². The predicted octanol–water partition coefficient (Wildman–Crippen LogP) is 4.78. The van der Waals surface area contributed by atoms with Gasteiger partial charge in [0.25, 0.3) is 0 Å². The van der Waals surface area contributed by atoms with Gasteiger partial charge in [0, 0.05) is 6.04 Å². The summed E-state index contributed by atoms with van der Waals surface area (Å²) in [6.45, 7) is 12.4. The molecular formula is C17H29N. The van der Waals surface area contributed by atoms with Gasteiger partial charge in [0.05, 0.1) is 0 Å². The van der Waals surface area contributed by atoms with Crippen LogP contribution in [0.2, 0.25) is 0 Å². The van der Waals surface area contributed by atoms with Gasteiger partial charge >= 0.3 is 0 Å². The zero-order valence-electron chi connectivity index (χ0n) is 12.7. The van der Waals surface area contributed by atoms with Crippen molar-refractivity contribution in [1.82, 2.24) is 5.32 Å². The Morgan fingerprint density at radius 3 is 2.28 bits per heavy atom. The Kier molecular flexibility index (Phi) is 6.42. The highest BCUT2D eigenvalue weighted by atomic mass is 14.9. The fourth-order valence-corrected chi connectivity index (χ4v) is 2.70. The van der Waals surface area contributed by atoms with E-state index in [0.29, 0.717) is 6.04 Å². The molecule has 1 rings (SSSR count). The molecule has 0 aliphatic heterocycles. The molecule has 0 spiro atoms. The van der Waals surface area contributed by atoms with Crippen LogP contribution in [0.5, 0.6) is 0 Å². The van der Waals surface area contributed by atoms with E-state index < -0.39 is 0 Å². The minimum atomic E-state index is 0.514. The first-order valence-corrected chi connectivity index (χ1v) is 7.45. The largest absolute Gasteiger partial charge is 0.310 e. The Labute approximate surface area is 113 Å². The smallest absolute Gasteiger partial charge is 0.0351 e. The van der Waals surface area contributed by atoms with Crippen molar-refractivity contribution >= 4 is 0 Å². The number of nitrogens with one attached hydrogen (secondary N) is 1. The van der Waals surface area contributed by atoms with E-state index in [1.807, 2.05) is 0 Å². The maximum atomic E-state index is 3.76. The highest BCUT2D eigenvalue weighted by Crippen LogP contribution is 2.30. The van der Waals surface area contributed by atoms with Crippen LogP contribution in [0.1, 0.15) is 62.8 Å². The summed E-state index contributed by atoms with van der Waals surface area (Å²) in [5, 5.41) is 3.76. The van der Waals surface area contributed by atoms with Crippen molar-refractivity contribution in [3.63, 3.8) is 0 Å². The maximum Gasteiger partial charge on any atom is 0.0351 e. The van der Waals surface area contributed by atoms with Gasteiger partial charge in [-0.15, -0.1) is 0 Å². The second-order valence-electron chi connectivity index (χ2n) is 5.30. The summed E-state index contributed by atoms with van der Waals surface area (Å²) in [5.41, 5.74) is 4.36. The quantitative estimate of drug-likeness (QED) is 0.731. The molecule has 1 heteroatoms. The Bertz CT molecular complexity index is 353. The van der Waals surface area contributed by atoms with E-state index >= 15 is 0 Å². The van der Waals surface area contributed by atoms with Gasteiger partial charge in [-0.1, -0.05) is 51.8 Å². The standard InChI is InChI=1S/C17H29N/c1-6-12-18-17(15(7-2)8-3)16-11-9-10-13(4)14(16)5/h9-11,15,17-18H,6-8,12H2,1-5H3. The van der Waals surface area contributed by atoms with Gasteiger partial charge < -0.3 is 5.32 Å². The fourth-order valence-electron chi connectivity index (χ4n) is 2.70. The Morgan fingerprint density at radius 1 is 1.06 bits per heavy atom. The SMILES string of the molecule is CCCNC(c1cccc(C)c1C)C(CC)CC. The minimum absolute atomic E-state index is 0.514. The van der Waals surface area contributed by atoms with E-state index in [-0.39, 0.29) is 0 Å². The molecule has 0 aliphatic carbocycles. The summed E-state index contributed by atoms with van der Waals surface area (Å²) in [4.78, 5) is 0. The zero-order valence-corrected chi connectivity index (χ0v) is 12.7. The summed E-state index contributed by atoms with van der Waals surface area (Å²) >= 11 is 0. The van der Waals surface area contributed by atoms with Gasteiger partial charge in [-0.05, 0) is 49.4 Å². The number of benzene rings is 1. The third-order valence-electron chi connectivity index (χ3n) is 4.12. The highest BCUT2D eigenvalue weighted by molar-refractivity contribution is 5.35. The van der Waals surface area contributed by atoms with Crippen molar-refractivity contribution in [3.8, 4) is 0 Å². The molecule has 0 fully saturated rings. The minimum Gasteiger partial charge on any atom is -0.310 e. The van der Waals surface area contributed by atoms with E-state index in [2.05, 4.69) is 58.1 Å². The lowest BCUT2D eigenvalue weighted by Gasteiger charge is -2.29. The monoisotopic (exact) mass is 247 g/mol. The molecule has 18 heavy (non-hydrogen) atoms. The van der Waals surface area contributed by atoms with Gasteiger partial charge in [0.2, 0.25) is 0 Å². The number of hydrogen-bond donors (Lipinski definition) is 1. The van der Waals surface area contributed by atoms with E-state index in [0.717, 1.165) is 12.5 Å². The second kappa shape index (κ2) is 7.58. The molecular weight excluding hydrogens is 218 g/mol. The molecule has 1 nitrogen and oxygen atoms in total. The molecule has 0 aliphatic rings. The van der Waals surface area contributed by atoms with Crippen molar-refractivity contribution in [2.75, 3.05) is 6.54 Å². The second-order valence-corrected chi connectivity index (χ2v) is 5.30. The van der Waals surface area contributed by atoms with Crippen LogP contribution in [0.4, 0.5) is 0 Å². The molecule has 0 amide bonds. The van der Waals surface area contributed by atoms with Crippen LogP contribution in [-0.2, 0) is 0 Å². The highest BCUT2D eigenvalue weighted by Gasteiger charge is 2.21. The van der Waals surface area contributed by atoms with Crippen LogP contribution in [-0.4, -0.2) is 6.54 Å². The van der Waals surface area contributed by atoms with Crippen LogP contribution >= 0.6 is 0 Å². The summed E-state index contributed by atoms with van der Waals surface area (Å²) in [6.07, 6.45) is 3.68. The zero-order chi connectivity index (χ0) is 13.5. The van der Waals surface area contributed by atoms with E-state index in [9.17, 15) is 0 Å². The number of hydrogen-bond acceptors (Lipinski definition) is 1. The van der Waals surface area contributed by atoms with Gasteiger partial charge in [-0.2, -0.15) is 0 Å². The molecule has 1 unspecified atom stereocenters. The topological polar surface area (TPSA) is 12.0 Å². The van der Waals surface area contributed by atoms with E-state index in [1.54, 1.807) is 0 Å². The van der Waals surface area contributed by atoms with Gasteiger partial charge in [0.15, 0.2) is 0 Å². The molecule has 1 atom stereocenters. The van der Waals surface area contributed by atoms with Crippen LogP contribution < -0.4 is 5.32 Å². The fraction of sp³-hybridized carbons (Fsp3) is 0.647. The molecule has 0 aromatic heterocycles. The molecule has 1 N–H and O–H groups in total. The maximum absolute atomic E-state index is 3.76. The van der Waals surface area contributed by atoms with Crippen molar-refractivity contribution in [2.45, 2.75) is 59.9 Å². The van der Waals surface area contributed by atoms with Gasteiger partial charge in [-0.3, -0.25) is 0 Å². The normalized spacial score (nSPS) is 13.0. The van der Waals surface area contributed by atoms with Crippen molar-refractivity contribution in [1.29, 1.82) is 0 Å². The predicted molar refractivity (Wildman–Crippen MR) is 81.0 cm³/mol. The Balaban J connectivity index is 3.04. The summed E-state index contributed by atoms with van der Waals surface area (Å²) < 4.78 is 0. The molecule has 0 saturated heterocycles. The van der Waals surface area contributed by atoms with Crippen LogP contribution in [0.3, 0.4) is 0 Å². The van der Waals surface area contributed by atoms with Crippen LogP contribution in [0.25, 0.3) is 0 Å². The Hall–Kier alpha value is -0.820.